The van der Waals surface area contributed by atoms with Gasteiger partial charge in [-0.25, -0.2) is 0 Å². The number of aliphatic hydroxyl groups is 1. The Morgan fingerprint density at radius 3 is 2.50 bits per heavy atom. The van der Waals surface area contributed by atoms with Crippen LogP contribution in [0.1, 0.15) is 19.3 Å². The van der Waals surface area contributed by atoms with Crippen molar-refractivity contribution < 1.29 is 18.7 Å². The first-order valence-electron chi connectivity index (χ1n) is 3.85. The molecule has 0 aromatic rings. The second kappa shape index (κ2) is 6.97. The molecule has 3 nitrogen and oxygen atoms in total. The normalized spacial score (nSPS) is 10.3. The third-order valence-corrected chi connectivity index (χ3v) is 1.33. The van der Waals surface area contributed by atoms with E-state index in [9.17, 15) is 13.6 Å². The monoisotopic (exact) mass is 181 g/mol. The first-order valence-corrected chi connectivity index (χ1v) is 3.85. The third-order valence-electron chi connectivity index (χ3n) is 1.33. The summed E-state index contributed by atoms with van der Waals surface area (Å²) in [4.78, 5) is 10.3. The highest BCUT2D eigenvalue weighted by Gasteiger charge is 2.12. The molecule has 0 unspecified atom stereocenters. The number of unbranched alkanes of at least 4 members (excludes halogenated alkanes) is 2. The van der Waals surface area contributed by atoms with Gasteiger partial charge in [0.1, 0.15) is 0 Å². The Balaban J connectivity index is 3.14. The fourth-order valence-electron chi connectivity index (χ4n) is 0.702. The number of alkyl halides is 2. The van der Waals surface area contributed by atoms with Crippen LogP contribution in [0.2, 0.25) is 0 Å². The van der Waals surface area contributed by atoms with Crippen molar-refractivity contribution in [3.05, 3.63) is 0 Å². The fourth-order valence-corrected chi connectivity index (χ4v) is 0.702. The summed E-state index contributed by atoms with van der Waals surface area (Å²) in [6.45, 7) is 0.353. The Morgan fingerprint density at radius 2 is 2.00 bits per heavy atom. The van der Waals surface area contributed by atoms with E-state index in [0.29, 0.717) is 12.8 Å². The highest BCUT2D eigenvalue weighted by molar-refractivity contribution is 5.78. The van der Waals surface area contributed by atoms with E-state index in [2.05, 4.69) is 5.32 Å². The third kappa shape index (κ3) is 6.03. The van der Waals surface area contributed by atoms with Crippen molar-refractivity contribution in [1.82, 2.24) is 5.32 Å². The van der Waals surface area contributed by atoms with Gasteiger partial charge >= 0.3 is 6.43 Å². The lowest BCUT2D eigenvalue weighted by Gasteiger charge is -2.02. The van der Waals surface area contributed by atoms with Gasteiger partial charge in [0.15, 0.2) is 0 Å². The van der Waals surface area contributed by atoms with Crippen LogP contribution in [-0.2, 0) is 4.79 Å². The predicted molar refractivity (Wildman–Crippen MR) is 40.0 cm³/mol. The Hall–Kier alpha value is -0.710. The number of rotatable bonds is 6. The number of halogens is 2. The van der Waals surface area contributed by atoms with Crippen molar-refractivity contribution in [2.45, 2.75) is 25.7 Å². The molecular weight excluding hydrogens is 168 g/mol. The minimum atomic E-state index is -2.93. The van der Waals surface area contributed by atoms with Crippen molar-refractivity contribution in [3.63, 3.8) is 0 Å². The van der Waals surface area contributed by atoms with Crippen LogP contribution in [0.3, 0.4) is 0 Å². The summed E-state index contributed by atoms with van der Waals surface area (Å²) >= 11 is 0. The summed E-state index contributed by atoms with van der Waals surface area (Å²) in [5.41, 5.74) is 0. The molecular formula is C7H13F2NO2. The van der Waals surface area contributed by atoms with Crippen molar-refractivity contribution in [3.8, 4) is 0 Å². The lowest BCUT2D eigenvalue weighted by molar-refractivity contribution is -0.131. The number of nitrogens with one attached hydrogen (secondary N) is 1. The van der Waals surface area contributed by atoms with E-state index >= 15 is 0 Å². The van der Waals surface area contributed by atoms with Gasteiger partial charge in [0, 0.05) is 13.2 Å². The summed E-state index contributed by atoms with van der Waals surface area (Å²) < 4.78 is 23.1. The highest BCUT2D eigenvalue weighted by Crippen LogP contribution is 1.94. The molecule has 0 aliphatic heterocycles. The van der Waals surface area contributed by atoms with E-state index in [1.165, 1.54) is 0 Å². The molecule has 0 radical (unpaired) electrons. The Morgan fingerprint density at radius 1 is 1.33 bits per heavy atom. The standard InChI is InChI=1S/C7H13F2NO2/c8-6(9)7(12)10-4-2-1-3-5-11/h6,11H,1-5H2,(H,10,12). The van der Waals surface area contributed by atoms with Crippen LogP contribution in [0.4, 0.5) is 8.78 Å². The Bertz CT molecular complexity index is 131. The van der Waals surface area contributed by atoms with E-state index < -0.39 is 12.3 Å². The van der Waals surface area contributed by atoms with Gasteiger partial charge in [0.25, 0.3) is 5.91 Å². The van der Waals surface area contributed by atoms with E-state index in [4.69, 9.17) is 5.11 Å². The molecule has 0 atom stereocenters. The van der Waals surface area contributed by atoms with Crippen molar-refractivity contribution in [2.75, 3.05) is 13.2 Å². The molecule has 0 aliphatic rings. The van der Waals surface area contributed by atoms with E-state index in [1.807, 2.05) is 0 Å². The average Bonchev–Trinajstić information content (AvgIpc) is 2.03. The van der Waals surface area contributed by atoms with E-state index in [0.717, 1.165) is 6.42 Å². The largest absolute Gasteiger partial charge is 0.396 e. The van der Waals surface area contributed by atoms with Gasteiger partial charge in [-0.15, -0.1) is 0 Å². The number of carbonyl (C=O) groups is 1. The fraction of sp³-hybridized carbons (Fsp3) is 0.857. The molecule has 12 heavy (non-hydrogen) atoms. The molecule has 2 N–H and O–H groups in total. The first-order chi connectivity index (χ1) is 5.68. The number of amides is 1. The molecule has 0 aliphatic carbocycles. The zero-order chi connectivity index (χ0) is 9.40. The molecule has 0 fully saturated rings. The zero-order valence-electron chi connectivity index (χ0n) is 6.72. The second-order valence-corrected chi connectivity index (χ2v) is 2.38. The summed E-state index contributed by atoms with van der Waals surface area (Å²) in [6, 6.07) is 0. The molecule has 1 amide bonds. The zero-order valence-corrected chi connectivity index (χ0v) is 6.72. The van der Waals surface area contributed by atoms with Gasteiger partial charge in [-0.2, -0.15) is 8.78 Å². The van der Waals surface area contributed by atoms with Crippen molar-refractivity contribution >= 4 is 5.91 Å². The maximum Gasteiger partial charge on any atom is 0.315 e. The van der Waals surface area contributed by atoms with E-state index in [-0.39, 0.29) is 13.2 Å². The highest BCUT2D eigenvalue weighted by atomic mass is 19.3. The maximum absolute atomic E-state index is 11.6. The smallest absolute Gasteiger partial charge is 0.315 e. The average molecular weight is 181 g/mol. The van der Waals surface area contributed by atoms with Gasteiger partial charge in [-0.3, -0.25) is 4.79 Å². The first kappa shape index (κ1) is 11.3. The number of carbonyl (C=O) groups excluding carboxylic acids is 1. The number of aliphatic hydroxyl groups excluding tert-OH is 1. The molecule has 5 heteroatoms. The van der Waals surface area contributed by atoms with Crippen LogP contribution in [0, 0.1) is 0 Å². The second-order valence-electron chi connectivity index (χ2n) is 2.38. The van der Waals surface area contributed by atoms with Crippen LogP contribution in [0.25, 0.3) is 0 Å². The minimum Gasteiger partial charge on any atom is -0.396 e. The lowest BCUT2D eigenvalue weighted by atomic mass is 10.2. The van der Waals surface area contributed by atoms with Crippen molar-refractivity contribution in [1.29, 1.82) is 0 Å². The van der Waals surface area contributed by atoms with Crippen molar-refractivity contribution in [2.24, 2.45) is 0 Å². The van der Waals surface area contributed by atoms with Crippen LogP contribution in [0.5, 0.6) is 0 Å². The predicted octanol–water partition coefficient (Wildman–Crippen LogP) is 0.530. The molecule has 0 aromatic carbocycles. The molecule has 0 rings (SSSR count). The van der Waals surface area contributed by atoms with Crippen LogP contribution in [0.15, 0.2) is 0 Å². The summed E-state index contributed by atoms with van der Waals surface area (Å²) in [5.74, 6) is -1.22. The molecule has 0 aromatic heterocycles. The van der Waals surface area contributed by atoms with Gasteiger partial charge in [0.05, 0.1) is 0 Å². The van der Waals surface area contributed by atoms with Gasteiger partial charge in [0.2, 0.25) is 0 Å². The van der Waals surface area contributed by atoms with E-state index in [1.54, 1.807) is 0 Å². The van der Waals surface area contributed by atoms with Crippen LogP contribution < -0.4 is 5.32 Å². The minimum absolute atomic E-state index is 0.1000. The maximum atomic E-state index is 11.6. The molecule has 0 heterocycles. The van der Waals surface area contributed by atoms with Crippen LogP contribution >= 0.6 is 0 Å². The molecule has 0 bridgehead atoms. The topological polar surface area (TPSA) is 49.3 Å². The number of hydrogen-bond donors (Lipinski definition) is 2. The van der Waals surface area contributed by atoms with Crippen LogP contribution in [-0.4, -0.2) is 30.6 Å². The number of hydrogen-bond acceptors (Lipinski definition) is 2. The van der Waals surface area contributed by atoms with Gasteiger partial charge < -0.3 is 10.4 Å². The summed E-state index contributed by atoms with van der Waals surface area (Å²) in [7, 11) is 0. The SMILES string of the molecule is O=C(NCCCCCO)C(F)F. The lowest BCUT2D eigenvalue weighted by Crippen LogP contribution is -2.30. The molecule has 0 saturated heterocycles. The molecule has 0 spiro atoms. The van der Waals surface area contributed by atoms with Gasteiger partial charge in [-0.05, 0) is 19.3 Å². The quantitative estimate of drug-likeness (QED) is 0.587. The summed E-state index contributed by atoms with van der Waals surface area (Å²) in [5, 5.41) is 10.4. The Labute approximate surface area is 69.8 Å². The molecule has 72 valence electrons. The van der Waals surface area contributed by atoms with Gasteiger partial charge in [-0.1, -0.05) is 0 Å². The Kier molecular flexibility index (Phi) is 6.55. The summed E-state index contributed by atoms with van der Waals surface area (Å²) in [6.07, 6.45) is -0.924. The molecule has 0 saturated carbocycles.